The zero-order valence-corrected chi connectivity index (χ0v) is 15.5. The molecule has 3 atom stereocenters. The van der Waals surface area contributed by atoms with E-state index in [0.29, 0.717) is 18.7 Å². The Labute approximate surface area is 151 Å². The third-order valence-corrected chi connectivity index (χ3v) is 5.18. The Bertz CT molecular complexity index is 578. The molecule has 138 valence electrons. The fourth-order valence-electron chi connectivity index (χ4n) is 3.83. The molecule has 1 aromatic carbocycles. The van der Waals surface area contributed by atoms with Crippen molar-refractivity contribution >= 4 is 5.91 Å². The van der Waals surface area contributed by atoms with Crippen molar-refractivity contribution in [2.24, 2.45) is 5.92 Å². The van der Waals surface area contributed by atoms with Gasteiger partial charge >= 0.3 is 0 Å². The molecule has 0 radical (unpaired) electrons. The SMILES string of the molecule is CC1CN(Cc2cccc(CNC(=O)[C@H]3CCN[C@@H](C)C3)c2)CCO1. The lowest BCUT2D eigenvalue weighted by Gasteiger charge is -2.31. The van der Waals surface area contributed by atoms with Gasteiger partial charge in [0.05, 0.1) is 12.7 Å². The molecule has 2 saturated heterocycles. The van der Waals surface area contributed by atoms with E-state index in [2.05, 4.69) is 53.6 Å². The van der Waals surface area contributed by atoms with Gasteiger partial charge in [-0.15, -0.1) is 0 Å². The van der Waals surface area contributed by atoms with Crippen molar-refractivity contribution in [2.75, 3.05) is 26.2 Å². The molecule has 2 N–H and O–H groups in total. The van der Waals surface area contributed by atoms with Crippen molar-refractivity contribution in [3.05, 3.63) is 35.4 Å². The monoisotopic (exact) mass is 345 g/mol. The van der Waals surface area contributed by atoms with Crippen molar-refractivity contribution in [1.29, 1.82) is 0 Å². The van der Waals surface area contributed by atoms with Crippen molar-refractivity contribution in [1.82, 2.24) is 15.5 Å². The van der Waals surface area contributed by atoms with E-state index in [1.54, 1.807) is 0 Å². The van der Waals surface area contributed by atoms with Gasteiger partial charge < -0.3 is 15.4 Å². The Balaban J connectivity index is 1.50. The maximum atomic E-state index is 12.4. The summed E-state index contributed by atoms with van der Waals surface area (Å²) in [6, 6.07) is 9.00. The number of amides is 1. The molecule has 0 bridgehead atoms. The number of ether oxygens (including phenoxy) is 1. The highest BCUT2D eigenvalue weighted by atomic mass is 16.5. The fourth-order valence-corrected chi connectivity index (χ4v) is 3.83. The molecule has 0 aromatic heterocycles. The van der Waals surface area contributed by atoms with Crippen LogP contribution in [-0.2, 0) is 22.6 Å². The quantitative estimate of drug-likeness (QED) is 0.856. The molecule has 1 aromatic rings. The topological polar surface area (TPSA) is 53.6 Å². The van der Waals surface area contributed by atoms with Crippen LogP contribution in [0.5, 0.6) is 0 Å². The molecule has 0 saturated carbocycles. The summed E-state index contributed by atoms with van der Waals surface area (Å²) in [7, 11) is 0. The predicted molar refractivity (Wildman–Crippen MR) is 99.2 cm³/mol. The van der Waals surface area contributed by atoms with Gasteiger partial charge in [0.2, 0.25) is 5.91 Å². The molecular formula is C20H31N3O2. The lowest BCUT2D eigenvalue weighted by molar-refractivity contribution is -0.126. The van der Waals surface area contributed by atoms with Crippen molar-refractivity contribution in [3.63, 3.8) is 0 Å². The number of carbonyl (C=O) groups is 1. The van der Waals surface area contributed by atoms with Crippen molar-refractivity contribution in [3.8, 4) is 0 Å². The van der Waals surface area contributed by atoms with Crippen LogP contribution in [0.4, 0.5) is 0 Å². The van der Waals surface area contributed by atoms with E-state index in [0.717, 1.165) is 45.6 Å². The Kier molecular flexibility index (Phi) is 6.45. The highest BCUT2D eigenvalue weighted by Gasteiger charge is 2.24. The molecule has 0 aliphatic carbocycles. The van der Waals surface area contributed by atoms with E-state index in [9.17, 15) is 4.79 Å². The lowest BCUT2D eigenvalue weighted by Crippen LogP contribution is -2.42. The largest absolute Gasteiger partial charge is 0.376 e. The molecule has 25 heavy (non-hydrogen) atoms. The summed E-state index contributed by atoms with van der Waals surface area (Å²) in [6.45, 7) is 9.55. The van der Waals surface area contributed by atoms with Gasteiger partial charge in [-0.25, -0.2) is 0 Å². The third kappa shape index (κ3) is 5.53. The Morgan fingerprint density at radius 1 is 1.36 bits per heavy atom. The van der Waals surface area contributed by atoms with Gasteiger partial charge in [-0.3, -0.25) is 9.69 Å². The second kappa shape index (κ2) is 8.79. The first kappa shape index (κ1) is 18.4. The first-order valence-corrected chi connectivity index (χ1v) is 9.53. The van der Waals surface area contributed by atoms with Crippen LogP contribution in [-0.4, -0.2) is 49.2 Å². The molecule has 2 aliphatic heterocycles. The summed E-state index contributed by atoms with van der Waals surface area (Å²) in [5.41, 5.74) is 2.48. The van der Waals surface area contributed by atoms with Gasteiger partial charge in [-0.2, -0.15) is 0 Å². The van der Waals surface area contributed by atoms with Gasteiger partial charge in [0.15, 0.2) is 0 Å². The summed E-state index contributed by atoms with van der Waals surface area (Å²) in [5.74, 6) is 0.343. The molecule has 3 rings (SSSR count). The zero-order chi connectivity index (χ0) is 17.6. The second-order valence-electron chi connectivity index (χ2n) is 7.53. The maximum Gasteiger partial charge on any atom is 0.223 e. The normalized spacial score (nSPS) is 27.8. The molecule has 0 spiro atoms. The van der Waals surface area contributed by atoms with E-state index >= 15 is 0 Å². The summed E-state index contributed by atoms with van der Waals surface area (Å²) >= 11 is 0. The van der Waals surface area contributed by atoms with E-state index in [1.807, 2.05) is 0 Å². The van der Waals surface area contributed by atoms with Gasteiger partial charge in [-0.05, 0) is 44.4 Å². The molecular weight excluding hydrogens is 314 g/mol. The number of nitrogens with one attached hydrogen (secondary N) is 2. The highest BCUT2D eigenvalue weighted by molar-refractivity contribution is 5.78. The van der Waals surface area contributed by atoms with Gasteiger partial charge in [-0.1, -0.05) is 24.3 Å². The molecule has 2 aliphatic rings. The molecule has 5 heteroatoms. The van der Waals surface area contributed by atoms with Crippen molar-refractivity contribution in [2.45, 2.75) is 51.9 Å². The highest BCUT2D eigenvalue weighted by Crippen LogP contribution is 2.17. The predicted octanol–water partition coefficient (Wildman–Crippen LogP) is 1.91. The van der Waals surface area contributed by atoms with Gasteiger partial charge in [0.1, 0.15) is 0 Å². The van der Waals surface area contributed by atoms with Crippen LogP contribution in [0.2, 0.25) is 0 Å². The molecule has 1 unspecified atom stereocenters. The van der Waals surface area contributed by atoms with Crippen LogP contribution < -0.4 is 10.6 Å². The van der Waals surface area contributed by atoms with Crippen LogP contribution in [0.1, 0.15) is 37.8 Å². The Morgan fingerprint density at radius 3 is 3.00 bits per heavy atom. The number of hydrogen-bond acceptors (Lipinski definition) is 4. The number of hydrogen-bond donors (Lipinski definition) is 2. The summed E-state index contributed by atoms with van der Waals surface area (Å²) in [4.78, 5) is 14.8. The van der Waals surface area contributed by atoms with Crippen LogP contribution in [0.3, 0.4) is 0 Å². The number of benzene rings is 1. The van der Waals surface area contributed by atoms with Crippen LogP contribution in [0.15, 0.2) is 24.3 Å². The molecule has 2 fully saturated rings. The first-order chi connectivity index (χ1) is 12.1. The molecule has 1 amide bonds. The Hall–Kier alpha value is -1.43. The zero-order valence-electron chi connectivity index (χ0n) is 15.5. The number of carbonyl (C=O) groups excluding carboxylic acids is 1. The fraction of sp³-hybridized carbons (Fsp3) is 0.650. The maximum absolute atomic E-state index is 12.4. The summed E-state index contributed by atoms with van der Waals surface area (Å²) in [5, 5.41) is 6.52. The van der Waals surface area contributed by atoms with E-state index in [1.165, 1.54) is 11.1 Å². The minimum Gasteiger partial charge on any atom is -0.376 e. The summed E-state index contributed by atoms with van der Waals surface area (Å²) < 4.78 is 5.61. The molecule has 2 heterocycles. The van der Waals surface area contributed by atoms with Crippen LogP contribution >= 0.6 is 0 Å². The lowest BCUT2D eigenvalue weighted by atomic mass is 9.92. The van der Waals surface area contributed by atoms with Gasteiger partial charge in [0.25, 0.3) is 0 Å². The number of piperidine rings is 1. The van der Waals surface area contributed by atoms with Crippen LogP contribution in [0, 0.1) is 5.92 Å². The average Bonchev–Trinajstić information content (AvgIpc) is 2.60. The number of nitrogens with zero attached hydrogens (tertiary/aromatic N) is 1. The van der Waals surface area contributed by atoms with Crippen LogP contribution in [0.25, 0.3) is 0 Å². The Morgan fingerprint density at radius 2 is 2.20 bits per heavy atom. The minimum absolute atomic E-state index is 0.147. The summed E-state index contributed by atoms with van der Waals surface area (Å²) in [6.07, 6.45) is 2.18. The molecule has 5 nitrogen and oxygen atoms in total. The average molecular weight is 345 g/mol. The van der Waals surface area contributed by atoms with E-state index in [-0.39, 0.29) is 11.8 Å². The standard InChI is InChI=1S/C20H31N3O2/c1-15-10-19(6-7-21-15)20(24)22-12-17-4-3-5-18(11-17)14-23-8-9-25-16(2)13-23/h3-5,11,15-16,19,21H,6-10,12-14H2,1-2H3,(H,22,24)/t15-,16?,19-/m0/s1. The second-order valence-corrected chi connectivity index (χ2v) is 7.53. The smallest absolute Gasteiger partial charge is 0.223 e. The van der Waals surface area contributed by atoms with Gasteiger partial charge in [0, 0.05) is 38.1 Å². The van der Waals surface area contributed by atoms with Crippen molar-refractivity contribution < 1.29 is 9.53 Å². The minimum atomic E-state index is 0.147. The van der Waals surface area contributed by atoms with E-state index < -0.39 is 0 Å². The third-order valence-electron chi connectivity index (χ3n) is 5.18. The first-order valence-electron chi connectivity index (χ1n) is 9.53. The number of morpholine rings is 1. The number of rotatable bonds is 5. The van der Waals surface area contributed by atoms with E-state index in [4.69, 9.17) is 4.74 Å².